The Labute approximate surface area is 183 Å². The Bertz CT molecular complexity index is 942. The predicted molar refractivity (Wildman–Crippen MR) is 118 cm³/mol. The van der Waals surface area contributed by atoms with Crippen molar-refractivity contribution in [3.63, 3.8) is 0 Å². The van der Waals surface area contributed by atoms with Crippen molar-refractivity contribution in [1.82, 2.24) is 24.5 Å². The molecule has 0 spiro atoms. The Balaban J connectivity index is 1.65. The standard InChI is InChI=1S/C23H31N5O3/c1-5-26(6-2)20(29)16-25-12-14-27(15-13-25)23(31)22(30)21-17(3)24-28(18(21)4)19-10-8-7-9-11-19/h7-11H,5-6,12-16H2,1-4H3. The third-order valence-corrected chi connectivity index (χ3v) is 5.85. The van der Waals surface area contributed by atoms with Gasteiger partial charge >= 0.3 is 0 Å². The molecule has 3 rings (SSSR count). The molecule has 0 atom stereocenters. The van der Waals surface area contributed by atoms with E-state index in [0.29, 0.717) is 62.8 Å². The summed E-state index contributed by atoms with van der Waals surface area (Å²) in [5, 5.41) is 4.48. The van der Waals surface area contributed by atoms with Gasteiger partial charge in [0.15, 0.2) is 0 Å². The highest BCUT2D eigenvalue weighted by atomic mass is 16.2. The zero-order chi connectivity index (χ0) is 22.5. The third-order valence-electron chi connectivity index (χ3n) is 5.85. The van der Waals surface area contributed by atoms with Crippen LogP contribution in [0.5, 0.6) is 0 Å². The van der Waals surface area contributed by atoms with Gasteiger partial charge in [0.1, 0.15) is 0 Å². The maximum absolute atomic E-state index is 13.0. The molecule has 0 unspecified atom stereocenters. The van der Waals surface area contributed by atoms with Crippen molar-refractivity contribution in [1.29, 1.82) is 0 Å². The molecule has 0 saturated carbocycles. The van der Waals surface area contributed by atoms with Crippen molar-refractivity contribution >= 4 is 17.6 Å². The van der Waals surface area contributed by atoms with E-state index >= 15 is 0 Å². The second-order valence-electron chi connectivity index (χ2n) is 7.76. The summed E-state index contributed by atoms with van der Waals surface area (Å²) in [7, 11) is 0. The molecule has 1 aliphatic heterocycles. The summed E-state index contributed by atoms with van der Waals surface area (Å²) in [5.41, 5.74) is 2.42. The van der Waals surface area contributed by atoms with Crippen molar-refractivity contribution < 1.29 is 14.4 Å². The number of nitrogens with zero attached hydrogens (tertiary/aromatic N) is 5. The molecule has 0 aliphatic carbocycles. The molecule has 1 aromatic heterocycles. The molecule has 1 aliphatic rings. The topological polar surface area (TPSA) is 78.8 Å². The Morgan fingerprint density at radius 1 is 0.968 bits per heavy atom. The van der Waals surface area contributed by atoms with Gasteiger partial charge in [0.2, 0.25) is 5.91 Å². The van der Waals surface area contributed by atoms with E-state index in [1.807, 2.05) is 56.0 Å². The van der Waals surface area contributed by atoms with Crippen LogP contribution < -0.4 is 0 Å². The van der Waals surface area contributed by atoms with E-state index in [0.717, 1.165) is 5.69 Å². The van der Waals surface area contributed by atoms with Gasteiger partial charge in [0, 0.05) is 39.3 Å². The van der Waals surface area contributed by atoms with Crippen molar-refractivity contribution in [2.75, 3.05) is 45.8 Å². The average Bonchev–Trinajstić information content (AvgIpc) is 3.08. The lowest BCUT2D eigenvalue weighted by atomic mass is 10.1. The number of aryl methyl sites for hydroxylation is 1. The lowest BCUT2D eigenvalue weighted by Crippen LogP contribution is -2.53. The van der Waals surface area contributed by atoms with Gasteiger partial charge in [0.05, 0.1) is 29.2 Å². The monoisotopic (exact) mass is 425 g/mol. The van der Waals surface area contributed by atoms with Gasteiger partial charge in [-0.2, -0.15) is 5.10 Å². The van der Waals surface area contributed by atoms with Crippen LogP contribution in [0.3, 0.4) is 0 Å². The number of carbonyl (C=O) groups is 3. The lowest BCUT2D eigenvalue weighted by molar-refractivity contribution is -0.133. The molecule has 2 heterocycles. The Hall–Kier alpha value is -3.00. The fourth-order valence-corrected chi connectivity index (χ4v) is 4.02. The molecular formula is C23H31N5O3. The van der Waals surface area contributed by atoms with Gasteiger partial charge in [-0.05, 0) is 39.8 Å². The summed E-state index contributed by atoms with van der Waals surface area (Å²) < 4.78 is 1.70. The molecule has 1 aromatic carbocycles. The van der Waals surface area contributed by atoms with Gasteiger partial charge in [-0.25, -0.2) is 4.68 Å². The molecule has 2 aromatic rings. The number of likely N-dealkylation sites (N-methyl/N-ethyl adjacent to an activating group) is 1. The Morgan fingerprint density at radius 2 is 1.58 bits per heavy atom. The van der Waals surface area contributed by atoms with E-state index in [4.69, 9.17) is 0 Å². The summed E-state index contributed by atoms with van der Waals surface area (Å²) in [5.74, 6) is -0.932. The quantitative estimate of drug-likeness (QED) is 0.498. The fraction of sp³-hybridized carbons (Fsp3) is 0.478. The molecule has 0 bridgehead atoms. The number of piperazine rings is 1. The summed E-state index contributed by atoms with van der Waals surface area (Å²) in [6, 6.07) is 9.55. The van der Waals surface area contributed by atoms with E-state index in [9.17, 15) is 14.4 Å². The highest BCUT2D eigenvalue weighted by Crippen LogP contribution is 2.19. The van der Waals surface area contributed by atoms with E-state index in [1.165, 1.54) is 0 Å². The zero-order valence-corrected chi connectivity index (χ0v) is 18.8. The number of Topliss-reactive ketones (excluding diaryl/α,β-unsaturated/α-hetero) is 1. The average molecular weight is 426 g/mol. The minimum Gasteiger partial charge on any atom is -0.342 e. The SMILES string of the molecule is CCN(CC)C(=O)CN1CCN(C(=O)C(=O)c2c(C)nn(-c3ccccc3)c2C)CC1. The smallest absolute Gasteiger partial charge is 0.295 e. The highest BCUT2D eigenvalue weighted by molar-refractivity contribution is 6.43. The Kier molecular flexibility index (Phi) is 7.22. The lowest BCUT2D eigenvalue weighted by Gasteiger charge is -2.34. The van der Waals surface area contributed by atoms with Crippen LogP contribution in [0.1, 0.15) is 35.6 Å². The van der Waals surface area contributed by atoms with Gasteiger partial charge in [-0.3, -0.25) is 19.3 Å². The number of ketones is 1. The van der Waals surface area contributed by atoms with Crippen LogP contribution in [-0.2, 0) is 9.59 Å². The first-order valence-electron chi connectivity index (χ1n) is 10.8. The van der Waals surface area contributed by atoms with Crippen LogP contribution in [0.2, 0.25) is 0 Å². The van der Waals surface area contributed by atoms with Crippen LogP contribution in [0.15, 0.2) is 30.3 Å². The van der Waals surface area contributed by atoms with Crippen molar-refractivity contribution in [3.8, 4) is 5.69 Å². The molecule has 0 N–H and O–H groups in total. The van der Waals surface area contributed by atoms with E-state index in [2.05, 4.69) is 5.10 Å². The van der Waals surface area contributed by atoms with Gasteiger partial charge in [0.25, 0.3) is 11.7 Å². The van der Waals surface area contributed by atoms with Crippen LogP contribution >= 0.6 is 0 Å². The number of carbonyl (C=O) groups excluding carboxylic acids is 3. The minimum absolute atomic E-state index is 0.0976. The molecule has 0 radical (unpaired) electrons. The summed E-state index contributed by atoms with van der Waals surface area (Å²) >= 11 is 0. The molecule has 166 valence electrons. The maximum atomic E-state index is 13.0. The molecule has 1 fully saturated rings. The van der Waals surface area contributed by atoms with Gasteiger partial charge < -0.3 is 9.80 Å². The predicted octanol–water partition coefficient (Wildman–Crippen LogP) is 1.68. The summed E-state index contributed by atoms with van der Waals surface area (Å²) in [6.45, 7) is 11.2. The maximum Gasteiger partial charge on any atom is 0.295 e. The number of para-hydroxylation sites is 1. The van der Waals surface area contributed by atoms with Gasteiger partial charge in [-0.15, -0.1) is 0 Å². The molecule has 8 nitrogen and oxygen atoms in total. The molecule has 31 heavy (non-hydrogen) atoms. The Morgan fingerprint density at radius 3 is 2.16 bits per heavy atom. The molecule has 2 amide bonds. The minimum atomic E-state index is -0.523. The van der Waals surface area contributed by atoms with E-state index < -0.39 is 11.7 Å². The highest BCUT2D eigenvalue weighted by Gasteiger charge is 2.31. The fourth-order valence-electron chi connectivity index (χ4n) is 4.02. The number of benzene rings is 1. The summed E-state index contributed by atoms with van der Waals surface area (Å²) in [6.07, 6.45) is 0. The zero-order valence-electron chi connectivity index (χ0n) is 18.8. The molecular weight excluding hydrogens is 394 g/mol. The van der Waals surface area contributed by atoms with Crippen LogP contribution in [-0.4, -0.2) is 87.9 Å². The second-order valence-corrected chi connectivity index (χ2v) is 7.76. The number of hydrogen-bond donors (Lipinski definition) is 0. The molecule has 1 saturated heterocycles. The molecule has 8 heteroatoms. The number of aromatic nitrogens is 2. The number of amides is 2. The van der Waals surface area contributed by atoms with E-state index in [1.54, 1.807) is 21.4 Å². The van der Waals surface area contributed by atoms with Gasteiger partial charge in [-0.1, -0.05) is 18.2 Å². The van der Waals surface area contributed by atoms with Crippen molar-refractivity contribution in [2.45, 2.75) is 27.7 Å². The van der Waals surface area contributed by atoms with Crippen LogP contribution in [0.4, 0.5) is 0 Å². The number of rotatable bonds is 7. The van der Waals surface area contributed by atoms with Crippen LogP contribution in [0.25, 0.3) is 5.69 Å². The first-order chi connectivity index (χ1) is 14.9. The van der Waals surface area contributed by atoms with Crippen molar-refractivity contribution in [3.05, 3.63) is 47.3 Å². The van der Waals surface area contributed by atoms with Crippen LogP contribution in [0, 0.1) is 13.8 Å². The largest absolute Gasteiger partial charge is 0.342 e. The normalized spacial score (nSPS) is 14.5. The van der Waals surface area contributed by atoms with Crippen molar-refractivity contribution in [2.24, 2.45) is 0 Å². The summed E-state index contributed by atoms with van der Waals surface area (Å²) in [4.78, 5) is 43.7. The third kappa shape index (κ3) is 4.85. The first-order valence-corrected chi connectivity index (χ1v) is 10.8. The second kappa shape index (κ2) is 9.87. The number of hydrogen-bond acceptors (Lipinski definition) is 5. The first kappa shape index (κ1) is 22.7. The van der Waals surface area contributed by atoms with E-state index in [-0.39, 0.29) is 5.91 Å².